The number of fused-ring (bicyclic) bond motifs is 2. The zero-order valence-corrected chi connectivity index (χ0v) is 13.0. The first-order chi connectivity index (χ1) is 8.52. The highest BCUT2D eigenvalue weighted by Crippen LogP contribution is 2.57. The Morgan fingerprint density at radius 3 is 2.44 bits per heavy atom. The van der Waals surface area contributed by atoms with Crippen molar-refractivity contribution in [2.45, 2.75) is 78.7 Å². The van der Waals surface area contributed by atoms with Gasteiger partial charge in [0, 0.05) is 12.6 Å². The molecule has 2 bridgehead atoms. The third-order valence-corrected chi connectivity index (χ3v) is 5.42. The molecule has 0 saturated heterocycles. The van der Waals surface area contributed by atoms with Crippen LogP contribution in [0.2, 0.25) is 0 Å². The van der Waals surface area contributed by atoms with E-state index in [2.05, 4.69) is 33.0 Å². The van der Waals surface area contributed by atoms with Gasteiger partial charge >= 0.3 is 0 Å². The number of rotatable bonds is 7. The summed E-state index contributed by atoms with van der Waals surface area (Å²) < 4.78 is 0. The Balaban J connectivity index is 1.90. The van der Waals surface area contributed by atoms with E-state index in [1.54, 1.807) is 6.42 Å². The minimum absolute atomic E-state index is 0.645. The van der Waals surface area contributed by atoms with Gasteiger partial charge < -0.3 is 5.32 Å². The average molecular weight is 251 g/mol. The molecule has 0 radical (unpaired) electrons. The summed E-state index contributed by atoms with van der Waals surface area (Å²) in [5.41, 5.74) is 0.669. The summed E-state index contributed by atoms with van der Waals surface area (Å²) in [6.45, 7) is 10.6. The van der Waals surface area contributed by atoms with Crippen molar-refractivity contribution in [2.24, 2.45) is 23.2 Å². The molecular weight excluding hydrogens is 218 g/mol. The number of nitrogens with one attached hydrogen (secondary N) is 1. The molecule has 0 spiro atoms. The molecule has 0 aromatic carbocycles. The molecule has 2 saturated carbocycles. The van der Waals surface area contributed by atoms with Crippen LogP contribution in [0.15, 0.2) is 0 Å². The molecule has 0 aromatic rings. The molecule has 2 aliphatic carbocycles. The lowest BCUT2D eigenvalue weighted by Gasteiger charge is -2.39. The van der Waals surface area contributed by atoms with Crippen LogP contribution in [0.3, 0.4) is 0 Å². The summed E-state index contributed by atoms with van der Waals surface area (Å²) in [4.78, 5) is 0. The van der Waals surface area contributed by atoms with E-state index in [0.717, 1.165) is 17.8 Å². The molecule has 106 valence electrons. The third-order valence-electron chi connectivity index (χ3n) is 5.42. The van der Waals surface area contributed by atoms with E-state index in [4.69, 9.17) is 0 Å². The summed E-state index contributed by atoms with van der Waals surface area (Å²) >= 11 is 0. The molecular formula is C17H33N. The van der Waals surface area contributed by atoms with Crippen LogP contribution in [0.1, 0.15) is 72.6 Å². The zero-order chi connectivity index (χ0) is 13.2. The molecule has 1 heteroatoms. The van der Waals surface area contributed by atoms with Crippen LogP contribution in [0.25, 0.3) is 0 Å². The standard InChI is InChI=1S/C17H33N/c1-13(2)6-5-9-17(12-18-14(3)4)11-15-7-8-16(17)10-15/h13-16,18H,5-12H2,1-4H3. The van der Waals surface area contributed by atoms with Crippen LogP contribution >= 0.6 is 0 Å². The lowest BCUT2D eigenvalue weighted by molar-refractivity contribution is 0.133. The van der Waals surface area contributed by atoms with Crippen molar-refractivity contribution in [2.75, 3.05) is 6.54 Å². The number of hydrogen-bond donors (Lipinski definition) is 1. The molecule has 2 rings (SSSR count). The van der Waals surface area contributed by atoms with E-state index in [0.29, 0.717) is 11.5 Å². The Labute approximate surface area is 114 Å². The van der Waals surface area contributed by atoms with Crippen LogP contribution in [-0.4, -0.2) is 12.6 Å². The first-order valence-corrected chi connectivity index (χ1v) is 8.25. The molecule has 2 fully saturated rings. The van der Waals surface area contributed by atoms with Crippen LogP contribution < -0.4 is 5.32 Å². The van der Waals surface area contributed by atoms with Crippen molar-refractivity contribution in [3.05, 3.63) is 0 Å². The minimum Gasteiger partial charge on any atom is -0.314 e. The Bertz CT molecular complexity index is 258. The molecule has 1 nitrogen and oxygen atoms in total. The Hall–Kier alpha value is -0.0400. The monoisotopic (exact) mass is 251 g/mol. The van der Waals surface area contributed by atoms with Crippen molar-refractivity contribution in [1.29, 1.82) is 0 Å². The van der Waals surface area contributed by atoms with E-state index >= 15 is 0 Å². The lowest BCUT2D eigenvalue weighted by Crippen LogP contribution is -2.41. The van der Waals surface area contributed by atoms with Crippen LogP contribution in [0, 0.1) is 23.2 Å². The molecule has 1 N–H and O–H groups in total. The maximum Gasteiger partial charge on any atom is 0.00129 e. The Morgan fingerprint density at radius 2 is 1.94 bits per heavy atom. The largest absolute Gasteiger partial charge is 0.314 e. The zero-order valence-electron chi connectivity index (χ0n) is 13.0. The van der Waals surface area contributed by atoms with E-state index in [1.165, 1.54) is 45.1 Å². The van der Waals surface area contributed by atoms with Gasteiger partial charge in [-0.25, -0.2) is 0 Å². The third kappa shape index (κ3) is 3.29. The second-order valence-corrected chi connectivity index (χ2v) is 7.76. The highest BCUT2D eigenvalue weighted by molar-refractivity contribution is 5.01. The van der Waals surface area contributed by atoms with E-state index in [-0.39, 0.29) is 0 Å². The maximum absolute atomic E-state index is 3.75. The van der Waals surface area contributed by atoms with Gasteiger partial charge in [0.05, 0.1) is 0 Å². The van der Waals surface area contributed by atoms with Crippen molar-refractivity contribution in [3.8, 4) is 0 Å². The van der Waals surface area contributed by atoms with E-state index in [1.807, 2.05) is 0 Å². The molecule has 0 heterocycles. The molecule has 0 amide bonds. The maximum atomic E-state index is 3.75. The van der Waals surface area contributed by atoms with Gasteiger partial charge in [0.1, 0.15) is 0 Å². The second kappa shape index (κ2) is 5.94. The number of hydrogen-bond acceptors (Lipinski definition) is 1. The Kier molecular flexibility index (Phi) is 4.75. The van der Waals surface area contributed by atoms with Gasteiger partial charge in [-0.1, -0.05) is 47.0 Å². The van der Waals surface area contributed by atoms with E-state index < -0.39 is 0 Å². The molecule has 18 heavy (non-hydrogen) atoms. The van der Waals surface area contributed by atoms with Crippen LogP contribution in [-0.2, 0) is 0 Å². The summed E-state index contributed by atoms with van der Waals surface area (Å²) in [6.07, 6.45) is 10.5. The summed E-state index contributed by atoms with van der Waals surface area (Å²) in [6, 6.07) is 0.645. The topological polar surface area (TPSA) is 12.0 Å². The van der Waals surface area contributed by atoms with Gasteiger partial charge in [-0.15, -0.1) is 0 Å². The van der Waals surface area contributed by atoms with Crippen LogP contribution in [0.5, 0.6) is 0 Å². The SMILES string of the molecule is CC(C)CCCC1(CNC(C)C)CC2CCC1C2. The van der Waals surface area contributed by atoms with Gasteiger partial charge in [0.2, 0.25) is 0 Å². The fourth-order valence-electron chi connectivity index (χ4n) is 4.44. The predicted molar refractivity (Wildman–Crippen MR) is 79.7 cm³/mol. The van der Waals surface area contributed by atoms with Gasteiger partial charge in [0.15, 0.2) is 0 Å². The summed E-state index contributed by atoms with van der Waals surface area (Å²) in [5.74, 6) is 2.99. The van der Waals surface area contributed by atoms with Crippen molar-refractivity contribution >= 4 is 0 Å². The van der Waals surface area contributed by atoms with Crippen molar-refractivity contribution < 1.29 is 0 Å². The van der Waals surface area contributed by atoms with Crippen molar-refractivity contribution in [3.63, 3.8) is 0 Å². The smallest absolute Gasteiger partial charge is 0.00129 e. The highest BCUT2D eigenvalue weighted by Gasteiger charge is 2.49. The molecule has 3 atom stereocenters. The molecule has 2 aliphatic rings. The molecule has 0 aromatic heterocycles. The average Bonchev–Trinajstić information content (AvgIpc) is 2.86. The van der Waals surface area contributed by atoms with Gasteiger partial charge in [0.25, 0.3) is 0 Å². The fourth-order valence-corrected chi connectivity index (χ4v) is 4.44. The summed E-state index contributed by atoms with van der Waals surface area (Å²) in [5, 5.41) is 3.75. The first-order valence-electron chi connectivity index (χ1n) is 8.25. The quantitative estimate of drug-likeness (QED) is 0.696. The first kappa shape index (κ1) is 14.4. The second-order valence-electron chi connectivity index (χ2n) is 7.76. The van der Waals surface area contributed by atoms with Crippen LogP contribution in [0.4, 0.5) is 0 Å². The summed E-state index contributed by atoms with van der Waals surface area (Å²) in [7, 11) is 0. The highest BCUT2D eigenvalue weighted by atomic mass is 14.9. The van der Waals surface area contributed by atoms with Gasteiger partial charge in [-0.05, 0) is 48.9 Å². The molecule has 3 unspecified atom stereocenters. The minimum atomic E-state index is 0.645. The van der Waals surface area contributed by atoms with E-state index in [9.17, 15) is 0 Å². The van der Waals surface area contributed by atoms with Gasteiger partial charge in [-0.2, -0.15) is 0 Å². The van der Waals surface area contributed by atoms with Crippen molar-refractivity contribution in [1.82, 2.24) is 5.32 Å². The molecule has 0 aliphatic heterocycles. The van der Waals surface area contributed by atoms with Gasteiger partial charge in [-0.3, -0.25) is 0 Å². The lowest BCUT2D eigenvalue weighted by atomic mass is 9.69. The Morgan fingerprint density at radius 1 is 1.17 bits per heavy atom. The fraction of sp³-hybridized carbons (Fsp3) is 1.00. The normalized spacial score (nSPS) is 35.0. The predicted octanol–water partition coefficient (Wildman–Crippen LogP) is 4.62.